The minimum atomic E-state index is -0.0851. The van der Waals surface area contributed by atoms with Crippen molar-refractivity contribution in [2.75, 3.05) is 6.61 Å². The first-order valence-electron chi connectivity index (χ1n) is 9.03. The number of aromatic hydroxyl groups is 1. The quantitative estimate of drug-likeness (QED) is 0.295. The van der Waals surface area contributed by atoms with Gasteiger partial charge in [0.25, 0.3) is 5.52 Å². The molecule has 3 aromatic rings. The van der Waals surface area contributed by atoms with Crippen LogP contribution in [-0.2, 0) is 0 Å². The number of benzene rings is 2. The molecule has 0 amide bonds. The minimum Gasteiger partial charge on any atom is -0.618 e. The van der Waals surface area contributed by atoms with Crippen molar-refractivity contribution in [3.8, 4) is 11.5 Å². The third kappa shape index (κ3) is 4.19. The molecular weight excluding hydrogens is 340 g/mol. The molecule has 0 aliphatic heterocycles. The zero-order chi connectivity index (χ0) is 19.4. The molecule has 5 heteroatoms. The Kier molecular flexibility index (Phi) is 5.60. The first-order valence-corrected chi connectivity index (χ1v) is 9.03. The molecule has 27 heavy (non-hydrogen) atoms. The number of phenols is 1. The van der Waals surface area contributed by atoms with Gasteiger partial charge in [-0.15, -0.1) is 0 Å². The molecule has 0 saturated heterocycles. The number of fused-ring (bicyclic) bond motifs is 2. The van der Waals surface area contributed by atoms with Crippen LogP contribution in [0.3, 0.4) is 0 Å². The van der Waals surface area contributed by atoms with Crippen LogP contribution in [0, 0.1) is 5.21 Å². The lowest BCUT2D eigenvalue weighted by Crippen LogP contribution is -2.29. The van der Waals surface area contributed by atoms with Gasteiger partial charge in [0, 0.05) is 6.07 Å². The van der Waals surface area contributed by atoms with Gasteiger partial charge in [0.1, 0.15) is 12.1 Å². The second-order valence-corrected chi connectivity index (χ2v) is 6.86. The lowest BCUT2D eigenvalue weighted by Gasteiger charge is -2.10. The Balaban J connectivity index is 1.85. The van der Waals surface area contributed by atoms with Gasteiger partial charge in [0.2, 0.25) is 5.52 Å². The van der Waals surface area contributed by atoms with Gasteiger partial charge in [-0.05, 0) is 57.9 Å². The number of hydrogen-bond acceptors (Lipinski definition) is 4. The molecule has 0 unspecified atom stereocenters. The van der Waals surface area contributed by atoms with Gasteiger partial charge < -0.3 is 15.1 Å². The third-order valence-electron chi connectivity index (χ3n) is 4.39. The molecule has 1 N–H and O–H groups in total. The molecule has 0 spiro atoms. The summed E-state index contributed by atoms with van der Waals surface area (Å²) in [5.41, 5.74) is 4.03. The summed E-state index contributed by atoms with van der Waals surface area (Å²) in [6, 6.07) is 10.1. The molecule has 0 atom stereocenters. The maximum Gasteiger partial charge on any atom is 0.285 e. The van der Waals surface area contributed by atoms with Crippen LogP contribution in [0.2, 0.25) is 0 Å². The lowest BCUT2D eigenvalue weighted by molar-refractivity contribution is -0.548. The largest absolute Gasteiger partial charge is 0.618 e. The smallest absolute Gasteiger partial charge is 0.285 e. The summed E-state index contributed by atoms with van der Waals surface area (Å²) in [5, 5.41) is 22.6. The van der Waals surface area contributed by atoms with E-state index in [4.69, 9.17) is 4.74 Å². The van der Waals surface area contributed by atoms with E-state index in [0.717, 1.165) is 12.8 Å². The average molecular weight is 364 g/mol. The highest BCUT2D eigenvalue weighted by Crippen LogP contribution is 2.27. The SMILES string of the molecule is CC(C)=CCCC(C)=CCOc1cccc2c1nc1cccc(O)c1[n+]2[O-]. The van der Waals surface area contributed by atoms with Gasteiger partial charge in [-0.1, -0.05) is 29.4 Å². The van der Waals surface area contributed by atoms with Crippen LogP contribution in [0.25, 0.3) is 22.1 Å². The van der Waals surface area contributed by atoms with E-state index in [1.807, 2.05) is 0 Å². The molecule has 2 aromatic carbocycles. The van der Waals surface area contributed by atoms with E-state index in [1.165, 1.54) is 17.2 Å². The van der Waals surface area contributed by atoms with Gasteiger partial charge in [0.05, 0.1) is 0 Å². The second-order valence-electron chi connectivity index (χ2n) is 6.86. The molecule has 0 bridgehead atoms. The number of nitrogens with zero attached hydrogens (tertiary/aromatic N) is 2. The van der Waals surface area contributed by atoms with Crippen molar-refractivity contribution < 1.29 is 14.6 Å². The van der Waals surface area contributed by atoms with E-state index >= 15 is 0 Å². The number of hydrogen-bond donors (Lipinski definition) is 1. The van der Waals surface area contributed by atoms with E-state index in [0.29, 0.717) is 33.6 Å². The average Bonchev–Trinajstić information content (AvgIpc) is 2.62. The highest BCUT2D eigenvalue weighted by Gasteiger charge is 2.18. The summed E-state index contributed by atoms with van der Waals surface area (Å²) in [6.07, 6.45) is 6.29. The first-order chi connectivity index (χ1) is 13.0. The molecule has 3 rings (SSSR count). The van der Waals surface area contributed by atoms with Gasteiger partial charge in [-0.3, -0.25) is 0 Å². The molecule has 5 nitrogen and oxygen atoms in total. The van der Waals surface area contributed by atoms with Crippen LogP contribution < -0.4 is 9.47 Å². The zero-order valence-corrected chi connectivity index (χ0v) is 15.9. The Morgan fingerprint density at radius 1 is 1.15 bits per heavy atom. The summed E-state index contributed by atoms with van der Waals surface area (Å²) in [5.74, 6) is 0.467. The van der Waals surface area contributed by atoms with Gasteiger partial charge in [0.15, 0.2) is 17.0 Å². The molecule has 140 valence electrons. The zero-order valence-electron chi connectivity index (χ0n) is 15.9. The highest BCUT2D eigenvalue weighted by molar-refractivity contribution is 5.87. The molecule has 1 aromatic heterocycles. The Morgan fingerprint density at radius 2 is 1.93 bits per heavy atom. The molecular formula is C22H24N2O3. The highest BCUT2D eigenvalue weighted by atomic mass is 16.5. The van der Waals surface area contributed by atoms with Crippen LogP contribution in [0.1, 0.15) is 33.6 Å². The van der Waals surface area contributed by atoms with Gasteiger partial charge >= 0.3 is 0 Å². The molecule has 0 aliphatic rings. The maximum atomic E-state index is 12.7. The fourth-order valence-corrected chi connectivity index (χ4v) is 2.93. The second kappa shape index (κ2) is 8.08. The Hall–Kier alpha value is -3.08. The fourth-order valence-electron chi connectivity index (χ4n) is 2.93. The van der Waals surface area contributed by atoms with Crippen LogP contribution in [0.5, 0.6) is 11.5 Å². The van der Waals surface area contributed by atoms with Gasteiger partial charge in [-0.25, -0.2) is 4.98 Å². The van der Waals surface area contributed by atoms with Crippen LogP contribution >= 0.6 is 0 Å². The van der Waals surface area contributed by atoms with E-state index in [9.17, 15) is 10.3 Å². The number of phenolic OH excluding ortho intramolecular Hbond substituents is 1. The molecule has 0 fully saturated rings. The summed E-state index contributed by atoms with van der Waals surface area (Å²) in [7, 11) is 0. The van der Waals surface area contributed by atoms with Crippen molar-refractivity contribution in [1.82, 2.24) is 4.98 Å². The van der Waals surface area contributed by atoms with Crippen molar-refractivity contribution in [3.63, 3.8) is 0 Å². The molecule has 0 saturated carbocycles. The van der Waals surface area contributed by atoms with Crippen molar-refractivity contribution >= 4 is 22.1 Å². The topological polar surface area (TPSA) is 69.3 Å². The van der Waals surface area contributed by atoms with Crippen LogP contribution in [-0.4, -0.2) is 16.7 Å². The standard InChI is InChI=1S/C22H24N2O3/c1-15(2)7-4-8-16(3)13-14-27-20-12-6-10-18-21(20)23-17-9-5-11-19(25)22(17)24(18)26/h5-7,9-13,25H,4,8,14H2,1-3H3. The van der Waals surface area contributed by atoms with E-state index < -0.39 is 0 Å². The third-order valence-corrected chi connectivity index (χ3v) is 4.39. The van der Waals surface area contributed by atoms with E-state index in [1.54, 1.807) is 30.3 Å². The number of aromatic nitrogens is 2. The molecule has 0 aliphatic carbocycles. The van der Waals surface area contributed by atoms with Crippen molar-refractivity contribution in [2.45, 2.75) is 33.6 Å². The lowest BCUT2D eigenvalue weighted by atomic mass is 10.1. The van der Waals surface area contributed by atoms with Crippen LogP contribution in [0.15, 0.2) is 59.7 Å². The number of para-hydroxylation sites is 2. The number of rotatable bonds is 6. The summed E-state index contributed by atoms with van der Waals surface area (Å²) in [4.78, 5) is 4.53. The summed E-state index contributed by atoms with van der Waals surface area (Å²) >= 11 is 0. The van der Waals surface area contributed by atoms with Crippen molar-refractivity contribution in [2.24, 2.45) is 0 Å². The molecule has 0 radical (unpaired) electrons. The Labute approximate surface area is 158 Å². The summed E-state index contributed by atoms with van der Waals surface area (Å²) < 4.78 is 6.59. The number of ether oxygens (including phenoxy) is 1. The van der Waals surface area contributed by atoms with E-state index in [2.05, 4.69) is 37.9 Å². The molecule has 1 heterocycles. The Morgan fingerprint density at radius 3 is 2.70 bits per heavy atom. The number of allylic oxidation sites excluding steroid dienone is 3. The predicted molar refractivity (Wildman–Crippen MR) is 108 cm³/mol. The minimum absolute atomic E-state index is 0.0851. The van der Waals surface area contributed by atoms with Gasteiger partial charge in [-0.2, -0.15) is 4.73 Å². The van der Waals surface area contributed by atoms with Crippen LogP contribution in [0.4, 0.5) is 0 Å². The normalized spacial score (nSPS) is 11.7. The van der Waals surface area contributed by atoms with Crippen molar-refractivity contribution in [3.05, 3.63) is 64.9 Å². The monoisotopic (exact) mass is 364 g/mol. The predicted octanol–water partition coefficient (Wildman–Crippen LogP) is 4.80. The van der Waals surface area contributed by atoms with E-state index in [-0.39, 0.29) is 11.3 Å². The van der Waals surface area contributed by atoms with Crippen molar-refractivity contribution in [1.29, 1.82) is 0 Å². The maximum absolute atomic E-state index is 12.7. The first kappa shape index (κ1) is 18.7. The fraction of sp³-hybridized carbons (Fsp3) is 0.273. The Bertz CT molecular complexity index is 1030. The summed E-state index contributed by atoms with van der Waals surface area (Å²) in [6.45, 7) is 6.70.